The number of fused-ring (bicyclic) bond motifs is 1. The minimum atomic E-state index is -0.184. The Morgan fingerprint density at radius 2 is 1.91 bits per heavy atom. The van der Waals surface area contributed by atoms with E-state index in [-0.39, 0.29) is 5.41 Å². The lowest BCUT2D eigenvalue weighted by molar-refractivity contribution is -0.141. The zero-order valence-electron chi connectivity index (χ0n) is 13.6. The Labute approximate surface area is 143 Å². The molecular formula is C19H25ClN2O. The van der Waals surface area contributed by atoms with Crippen LogP contribution in [0.4, 0.5) is 0 Å². The van der Waals surface area contributed by atoms with E-state index in [1.807, 2.05) is 18.2 Å². The van der Waals surface area contributed by atoms with Crippen molar-refractivity contribution in [1.29, 1.82) is 0 Å². The van der Waals surface area contributed by atoms with Gasteiger partial charge in [-0.3, -0.25) is 4.79 Å². The van der Waals surface area contributed by atoms with Gasteiger partial charge in [-0.05, 0) is 48.8 Å². The molecule has 3 aliphatic rings. The molecular weight excluding hydrogens is 308 g/mol. The summed E-state index contributed by atoms with van der Waals surface area (Å²) in [6, 6.07) is 8.04. The number of nitrogens with zero attached hydrogens (tertiary/aromatic N) is 1. The molecule has 1 N–H and O–H groups in total. The number of carbonyl (C=O) groups excluding carboxylic acids is 1. The highest BCUT2D eigenvalue weighted by Crippen LogP contribution is 2.44. The third-order valence-electron chi connectivity index (χ3n) is 6.12. The van der Waals surface area contributed by atoms with Gasteiger partial charge in [-0.15, -0.1) is 0 Å². The fourth-order valence-corrected chi connectivity index (χ4v) is 5.13. The molecule has 2 heterocycles. The molecule has 3 nitrogen and oxygen atoms in total. The number of likely N-dealkylation sites (tertiary alicyclic amines) is 1. The minimum Gasteiger partial charge on any atom is -0.342 e. The van der Waals surface area contributed by atoms with Crippen molar-refractivity contribution in [1.82, 2.24) is 10.2 Å². The fourth-order valence-electron chi connectivity index (χ4n) is 4.91. The zero-order chi connectivity index (χ0) is 15.9. The maximum Gasteiger partial charge on any atom is 0.229 e. The molecule has 3 fully saturated rings. The van der Waals surface area contributed by atoms with Crippen molar-refractivity contribution in [2.24, 2.45) is 17.3 Å². The highest BCUT2D eigenvalue weighted by Gasteiger charge is 2.47. The van der Waals surface area contributed by atoms with Crippen LogP contribution in [0.5, 0.6) is 0 Å². The lowest BCUT2D eigenvalue weighted by Gasteiger charge is -2.33. The first-order valence-electron chi connectivity index (χ1n) is 8.91. The Kier molecular flexibility index (Phi) is 4.10. The third-order valence-corrected chi connectivity index (χ3v) is 6.36. The summed E-state index contributed by atoms with van der Waals surface area (Å²) in [6.07, 6.45) is 5.25. The Bertz CT molecular complexity index is 585. The van der Waals surface area contributed by atoms with Gasteiger partial charge < -0.3 is 10.2 Å². The molecule has 2 aliphatic heterocycles. The summed E-state index contributed by atoms with van der Waals surface area (Å²) in [4.78, 5) is 15.5. The number of rotatable bonds is 3. The second kappa shape index (κ2) is 6.10. The van der Waals surface area contributed by atoms with Crippen LogP contribution in [0.15, 0.2) is 24.3 Å². The van der Waals surface area contributed by atoms with Crippen molar-refractivity contribution >= 4 is 17.5 Å². The molecule has 2 atom stereocenters. The summed E-state index contributed by atoms with van der Waals surface area (Å²) in [7, 11) is 0. The molecule has 4 rings (SSSR count). The number of halogens is 1. The lowest BCUT2D eigenvalue weighted by atomic mass is 9.78. The Hall–Kier alpha value is -1.06. The van der Waals surface area contributed by atoms with Gasteiger partial charge in [0.15, 0.2) is 0 Å². The standard InChI is InChI=1S/C19H25ClN2O/c20-17-5-3-4-14(8-17)9-19(6-1-2-7-19)18(23)22-12-15-10-21-11-16(15)13-22/h3-5,8,15-16,21H,1-2,6-7,9-13H2/t15-,16+. The molecule has 1 aromatic carbocycles. The van der Waals surface area contributed by atoms with E-state index in [0.717, 1.165) is 50.5 Å². The minimum absolute atomic E-state index is 0.184. The van der Waals surface area contributed by atoms with Crippen molar-refractivity contribution in [2.45, 2.75) is 32.1 Å². The van der Waals surface area contributed by atoms with Crippen molar-refractivity contribution in [2.75, 3.05) is 26.2 Å². The molecule has 2 saturated heterocycles. The summed E-state index contributed by atoms with van der Waals surface area (Å²) in [5.74, 6) is 1.75. The molecule has 0 bridgehead atoms. The van der Waals surface area contributed by atoms with Crippen LogP contribution >= 0.6 is 11.6 Å². The van der Waals surface area contributed by atoms with E-state index in [1.165, 1.54) is 18.4 Å². The second-order valence-corrected chi connectivity index (χ2v) is 8.12. The van der Waals surface area contributed by atoms with Crippen LogP contribution in [0, 0.1) is 17.3 Å². The first-order chi connectivity index (χ1) is 11.2. The Balaban J connectivity index is 1.54. The Morgan fingerprint density at radius 1 is 1.22 bits per heavy atom. The normalized spacial score (nSPS) is 29.0. The van der Waals surface area contributed by atoms with E-state index in [9.17, 15) is 4.79 Å². The molecule has 4 heteroatoms. The number of hydrogen-bond donors (Lipinski definition) is 1. The van der Waals surface area contributed by atoms with Gasteiger partial charge in [-0.1, -0.05) is 36.6 Å². The van der Waals surface area contributed by atoms with E-state index in [0.29, 0.717) is 17.7 Å². The first kappa shape index (κ1) is 15.5. The predicted octanol–water partition coefficient (Wildman–Crippen LogP) is 3.12. The number of carbonyl (C=O) groups is 1. The van der Waals surface area contributed by atoms with Crippen LogP contribution in [0.3, 0.4) is 0 Å². The summed E-state index contributed by atoms with van der Waals surface area (Å²) in [5.41, 5.74) is 1.02. The predicted molar refractivity (Wildman–Crippen MR) is 92.5 cm³/mol. The van der Waals surface area contributed by atoms with Crippen molar-refractivity contribution < 1.29 is 4.79 Å². The molecule has 0 unspecified atom stereocenters. The van der Waals surface area contributed by atoms with Gasteiger partial charge in [0.1, 0.15) is 0 Å². The van der Waals surface area contributed by atoms with E-state index in [1.54, 1.807) is 0 Å². The summed E-state index contributed by atoms with van der Waals surface area (Å²) < 4.78 is 0. The van der Waals surface area contributed by atoms with Gasteiger partial charge in [0.25, 0.3) is 0 Å². The highest BCUT2D eigenvalue weighted by molar-refractivity contribution is 6.30. The van der Waals surface area contributed by atoms with E-state index in [4.69, 9.17) is 11.6 Å². The molecule has 0 spiro atoms. The van der Waals surface area contributed by atoms with Gasteiger partial charge in [-0.2, -0.15) is 0 Å². The van der Waals surface area contributed by atoms with Crippen LogP contribution < -0.4 is 5.32 Å². The molecule has 0 radical (unpaired) electrons. The van der Waals surface area contributed by atoms with Crippen LogP contribution in [-0.2, 0) is 11.2 Å². The number of benzene rings is 1. The smallest absolute Gasteiger partial charge is 0.229 e. The van der Waals surface area contributed by atoms with Crippen molar-refractivity contribution in [3.63, 3.8) is 0 Å². The number of hydrogen-bond acceptors (Lipinski definition) is 2. The van der Waals surface area contributed by atoms with Crippen molar-refractivity contribution in [3.8, 4) is 0 Å². The summed E-state index contributed by atoms with van der Waals surface area (Å²) in [5, 5.41) is 4.22. The first-order valence-corrected chi connectivity index (χ1v) is 9.29. The maximum atomic E-state index is 13.4. The average molecular weight is 333 g/mol. The van der Waals surface area contributed by atoms with Gasteiger partial charge in [-0.25, -0.2) is 0 Å². The monoisotopic (exact) mass is 332 g/mol. The summed E-state index contributed by atoms with van der Waals surface area (Å²) in [6.45, 7) is 4.06. The maximum absolute atomic E-state index is 13.4. The van der Waals surface area contributed by atoms with Crippen LogP contribution in [-0.4, -0.2) is 37.0 Å². The molecule has 23 heavy (non-hydrogen) atoms. The molecule has 1 saturated carbocycles. The molecule has 124 valence electrons. The Morgan fingerprint density at radius 3 is 2.57 bits per heavy atom. The number of nitrogens with one attached hydrogen (secondary N) is 1. The lowest BCUT2D eigenvalue weighted by Crippen LogP contribution is -2.44. The zero-order valence-corrected chi connectivity index (χ0v) is 14.3. The van der Waals surface area contributed by atoms with Crippen molar-refractivity contribution in [3.05, 3.63) is 34.9 Å². The van der Waals surface area contributed by atoms with E-state index < -0.39 is 0 Å². The summed E-state index contributed by atoms with van der Waals surface area (Å²) >= 11 is 6.14. The fraction of sp³-hybridized carbons (Fsp3) is 0.632. The molecule has 1 amide bonds. The van der Waals surface area contributed by atoms with Gasteiger partial charge in [0.2, 0.25) is 5.91 Å². The van der Waals surface area contributed by atoms with Crippen LogP contribution in [0.2, 0.25) is 5.02 Å². The third kappa shape index (κ3) is 2.89. The number of amides is 1. The van der Waals surface area contributed by atoms with Crippen LogP contribution in [0.1, 0.15) is 31.2 Å². The van der Waals surface area contributed by atoms with Crippen LogP contribution in [0.25, 0.3) is 0 Å². The van der Waals surface area contributed by atoms with Gasteiger partial charge in [0, 0.05) is 31.2 Å². The van der Waals surface area contributed by atoms with E-state index in [2.05, 4.69) is 16.3 Å². The largest absolute Gasteiger partial charge is 0.342 e. The molecule has 1 aromatic rings. The highest BCUT2D eigenvalue weighted by atomic mass is 35.5. The SMILES string of the molecule is O=C(N1C[C@H]2CNC[C@H]2C1)C1(Cc2cccc(Cl)c2)CCCC1. The topological polar surface area (TPSA) is 32.3 Å². The molecule has 0 aromatic heterocycles. The quantitative estimate of drug-likeness (QED) is 0.922. The van der Waals surface area contributed by atoms with E-state index >= 15 is 0 Å². The average Bonchev–Trinajstić information content (AvgIpc) is 3.22. The second-order valence-electron chi connectivity index (χ2n) is 7.68. The van der Waals surface area contributed by atoms with Gasteiger partial charge in [0.05, 0.1) is 5.41 Å². The molecule has 1 aliphatic carbocycles. The van der Waals surface area contributed by atoms with Gasteiger partial charge >= 0.3 is 0 Å².